The van der Waals surface area contributed by atoms with Crippen LogP contribution in [0.3, 0.4) is 0 Å². The van der Waals surface area contributed by atoms with Gasteiger partial charge in [0.15, 0.2) is 0 Å². The van der Waals surface area contributed by atoms with Crippen LogP contribution in [0.4, 0.5) is 0 Å². The molecule has 0 saturated carbocycles. The molecule has 0 heterocycles. The third-order valence-corrected chi connectivity index (χ3v) is 0.567. The highest BCUT2D eigenvalue weighted by molar-refractivity contribution is 5.66. The van der Waals surface area contributed by atoms with Gasteiger partial charge in [-0.1, -0.05) is 6.92 Å². The highest BCUT2D eigenvalue weighted by Gasteiger charge is 1.83. The number of carbonyl (C=O) groups is 1. The fraction of sp³-hybridized carbons (Fsp3) is 0.833. The van der Waals surface area contributed by atoms with Crippen LogP contribution >= 0.6 is 0 Å². The molecule has 3 N–H and O–H groups in total. The standard InChI is InChI=1S/C3H8O2.C3H6O2/c1-3(5)2-4;1-2-3(4)5/h3-5H,2H2,1H3;2H2,1H3,(H,4,5). The molecule has 1 unspecified atom stereocenters. The van der Waals surface area contributed by atoms with Gasteiger partial charge in [-0.3, -0.25) is 4.79 Å². The molecule has 0 aliphatic heterocycles. The van der Waals surface area contributed by atoms with E-state index >= 15 is 0 Å². The van der Waals surface area contributed by atoms with E-state index in [9.17, 15) is 4.79 Å². The lowest BCUT2D eigenvalue weighted by Gasteiger charge is -1.90. The van der Waals surface area contributed by atoms with Crippen molar-refractivity contribution in [2.24, 2.45) is 0 Å². The van der Waals surface area contributed by atoms with Gasteiger partial charge in [0.1, 0.15) is 0 Å². The summed E-state index contributed by atoms with van der Waals surface area (Å²) in [5.74, 6) is -0.745. The Kier molecular flexibility index (Phi) is 10.2. The molecule has 0 rings (SSSR count). The number of aliphatic hydroxyl groups is 2. The largest absolute Gasteiger partial charge is 0.481 e. The van der Waals surface area contributed by atoms with Crippen molar-refractivity contribution in [3.63, 3.8) is 0 Å². The first-order valence-corrected chi connectivity index (χ1v) is 3.05. The van der Waals surface area contributed by atoms with Gasteiger partial charge < -0.3 is 15.3 Å². The van der Waals surface area contributed by atoms with Crippen LogP contribution in [0.1, 0.15) is 20.3 Å². The molecule has 0 aliphatic rings. The van der Waals surface area contributed by atoms with Crippen molar-refractivity contribution in [2.45, 2.75) is 26.4 Å². The molecule has 0 aromatic heterocycles. The molecular formula is C6H14O4. The van der Waals surface area contributed by atoms with E-state index in [4.69, 9.17) is 15.3 Å². The smallest absolute Gasteiger partial charge is 0.303 e. The predicted octanol–water partition coefficient (Wildman–Crippen LogP) is -0.160. The molecule has 10 heavy (non-hydrogen) atoms. The number of hydrogen-bond acceptors (Lipinski definition) is 3. The van der Waals surface area contributed by atoms with Crippen LogP contribution in [0, 0.1) is 0 Å². The summed E-state index contributed by atoms with van der Waals surface area (Å²) in [7, 11) is 0. The lowest BCUT2D eigenvalue weighted by Crippen LogP contribution is -2.03. The first-order valence-electron chi connectivity index (χ1n) is 3.05. The third kappa shape index (κ3) is 26.3. The van der Waals surface area contributed by atoms with Crippen LogP contribution in [0.15, 0.2) is 0 Å². The maximum atomic E-state index is 9.37. The van der Waals surface area contributed by atoms with Crippen LogP contribution in [0.5, 0.6) is 0 Å². The number of rotatable bonds is 2. The predicted molar refractivity (Wildman–Crippen MR) is 36.7 cm³/mol. The average molecular weight is 150 g/mol. The molecule has 1 atom stereocenters. The summed E-state index contributed by atoms with van der Waals surface area (Å²) in [6.07, 6.45) is -0.338. The maximum absolute atomic E-state index is 9.37. The van der Waals surface area contributed by atoms with E-state index in [1.54, 1.807) is 6.92 Å². The number of hydrogen-bond donors (Lipinski definition) is 3. The van der Waals surface area contributed by atoms with Gasteiger partial charge in [0.2, 0.25) is 0 Å². The first-order chi connectivity index (χ1) is 4.54. The monoisotopic (exact) mass is 150 g/mol. The Balaban J connectivity index is 0. The van der Waals surface area contributed by atoms with Crippen molar-refractivity contribution in [1.29, 1.82) is 0 Å². The van der Waals surface area contributed by atoms with Crippen molar-refractivity contribution in [3.8, 4) is 0 Å². The zero-order valence-electron chi connectivity index (χ0n) is 6.24. The molecule has 0 aliphatic carbocycles. The lowest BCUT2D eigenvalue weighted by atomic mass is 10.5. The van der Waals surface area contributed by atoms with Crippen LogP contribution in [-0.2, 0) is 4.79 Å². The fourth-order valence-electron chi connectivity index (χ4n) is 0. The van der Waals surface area contributed by atoms with Gasteiger partial charge in [-0.25, -0.2) is 0 Å². The van der Waals surface area contributed by atoms with E-state index in [2.05, 4.69) is 0 Å². The highest BCUT2D eigenvalue weighted by Crippen LogP contribution is 1.68. The Bertz CT molecular complexity index is 79.8. The number of aliphatic hydroxyl groups excluding tert-OH is 2. The molecule has 0 fully saturated rings. The van der Waals surface area contributed by atoms with Gasteiger partial charge in [-0.05, 0) is 6.92 Å². The van der Waals surface area contributed by atoms with E-state index in [1.807, 2.05) is 0 Å². The van der Waals surface area contributed by atoms with Crippen molar-refractivity contribution in [3.05, 3.63) is 0 Å². The Labute approximate surface area is 60.1 Å². The minimum atomic E-state index is -0.745. The Morgan fingerprint density at radius 1 is 1.60 bits per heavy atom. The van der Waals surface area contributed by atoms with E-state index in [0.29, 0.717) is 0 Å². The Hall–Kier alpha value is -0.610. The number of carboxylic acids is 1. The maximum Gasteiger partial charge on any atom is 0.303 e. The summed E-state index contributed by atoms with van der Waals surface area (Å²) in [5, 5.41) is 23.7. The molecule has 62 valence electrons. The lowest BCUT2D eigenvalue weighted by molar-refractivity contribution is -0.136. The SMILES string of the molecule is CC(O)CO.CCC(=O)O. The molecule has 0 aromatic rings. The van der Waals surface area contributed by atoms with Crippen molar-refractivity contribution in [1.82, 2.24) is 0 Å². The molecule has 0 aromatic carbocycles. The van der Waals surface area contributed by atoms with E-state index in [-0.39, 0.29) is 13.0 Å². The van der Waals surface area contributed by atoms with Crippen LogP contribution < -0.4 is 0 Å². The van der Waals surface area contributed by atoms with Crippen molar-refractivity contribution >= 4 is 5.97 Å². The molecule has 0 saturated heterocycles. The van der Waals surface area contributed by atoms with E-state index < -0.39 is 12.1 Å². The van der Waals surface area contributed by atoms with Gasteiger partial charge in [0.05, 0.1) is 12.7 Å². The van der Waals surface area contributed by atoms with E-state index in [1.165, 1.54) is 6.92 Å². The summed E-state index contributed by atoms with van der Waals surface area (Å²) >= 11 is 0. The minimum Gasteiger partial charge on any atom is -0.481 e. The average Bonchev–Trinajstić information content (AvgIpc) is 1.89. The number of aliphatic carboxylic acids is 1. The molecule has 0 radical (unpaired) electrons. The van der Waals surface area contributed by atoms with Gasteiger partial charge in [-0.2, -0.15) is 0 Å². The third-order valence-electron chi connectivity index (χ3n) is 0.567. The van der Waals surface area contributed by atoms with Gasteiger partial charge in [0, 0.05) is 6.42 Å². The van der Waals surface area contributed by atoms with Crippen LogP contribution in [-0.4, -0.2) is 34.0 Å². The van der Waals surface area contributed by atoms with E-state index in [0.717, 1.165) is 0 Å². The number of carboxylic acid groups (broad SMARTS) is 1. The summed E-state index contributed by atoms with van der Waals surface area (Å²) < 4.78 is 0. The molecular weight excluding hydrogens is 136 g/mol. The highest BCUT2D eigenvalue weighted by atomic mass is 16.4. The van der Waals surface area contributed by atoms with Crippen LogP contribution in [0.2, 0.25) is 0 Å². The summed E-state index contributed by atoms with van der Waals surface area (Å²) in [4.78, 5) is 9.37. The zero-order chi connectivity index (χ0) is 8.57. The Morgan fingerprint density at radius 3 is 1.80 bits per heavy atom. The summed E-state index contributed by atoms with van der Waals surface area (Å²) in [6.45, 7) is 2.99. The second-order valence-corrected chi connectivity index (χ2v) is 1.78. The molecule has 0 spiro atoms. The summed E-state index contributed by atoms with van der Waals surface area (Å²) in [5.41, 5.74) is 0. The minimum absolute atomic E-state index is 0.139. The molecule has 4 heteroatoms. The van der Waals surface area contributed by atoms with Crippen molar-refractivity contribution in [2.75, 3.05) is 6.61 Å². The molecule has 4 nitrogen and oxygen atoms in total. The first kappa shape index (κ1) is 12.1. The topological polar surface area (TPSA) is 77.8 Å². The molecule has 0 bridgehead atoms. The van der Waals surface area contributed by atoms with Crippen molar-refractivity contribution < 1.29 is 20.1 Å². The van der Waals surface area contributed by atoms with Crippen LogP contribution in [0.25, 0.3) is 0 Å². The molecule has 0 amide bonds. The second kappa shape index (κ2) is 8.39. The Morgan fingerprint density at radius 2 is 1.80 bits per heavy atom. The fourth-order valence-corrected chi connectivity index (χ4v) is 0. The summed E-state index contributed by atoms with van der Waals surface area (Å²) in [6, 6.07) is 0. The second-order valence-electron chi connectivity index (χ2n) is 1.78. The van der Waals surface area contributed by atoms with Gasteiger partial charge in [-0.15, -0.1) is 0 Å². The normalized spacial score (nSPS) is 11.2. The van der Waals surface area contributed by atoms with Gasteiger partial charge >= 0.3 is 5.97 Å². The zero-order valence-corrected chi connectivity index (χ0v) is 6.24. The quantitative estimate of drug-likeness (QED) is 0.511. The van der Waals surface area contributed by atoms with Gasteiger partial charge in [0.25, 0.3) is 0 Å².